The van der Waals surface area contributed by atoms with Gasteiger partial charge in [0.2, 0.25) is 0 Å². The third-order valence-electron chi connectivity index (χ3n) is 3.00. The van der Waals surface area contributed by atoms with Gasteiger partial charge in [-0.25, -0.2) is 4.98 Å². The summed E-state index contributed by atoms with van der Waals surface area (Å²) in [4.78, 5) is 4.42. The summed E-state index contributed by atoms with van der Waals surface area (Å²) in [5, 5.41) is 4.27. The molecule has 2 rings (SSSR count). The summed E-state index contributed by atoms with van der Waals surface area (Å²) < 4.78 is 2.05. The average molecular weight is 264 g/mol. The molecule has 0 radical (unpaired) electrons. The maximum atomic E-state index is 6.21. The number of halogens is 1. The first-order valence-corrected chi connectivity index (χ1v) is 6.54. The van der Waals surface area contributed by atoms with Crippen LogP contribution in [0.1, 0.15) is 24.4 Å². The van der Waals surface area contributed by atoms with Crippen LogP contribution < -0.4 is 5.32 Å². The molecule has 0 aliphatic heterocycles. The van der Waals surface area contributed by atoms with E-state index in [0.717, 1.165) is 29.4 Å². The van der Waals surface area contributed by atoms with E-state index in [9.17, 15) is 0 Å². The van der Waals surface area contributed by atoms with Gasteiger partial charge in [-0.1, -0.05) is 36.7 Å². The Balaban J connectivity index is 2.22. The Kier molecular flexibility index (Phi) is 4.39. The minimum Gasteiger partial charge on any atom is -0.337 e. The molecule has 0 spiro atoms. The quantitative estimate of drug-likeness (QED) is 0.899. The maximum Gasteiger partial charge on any atom is 0.125 e. The van der Waals surface area contributed by atoms with Crippen LogP contribution in [0.5, 0.6) is 0 Å². The molecule has 0 aliphatic carbocycles. The fourth-order valence-electron chi connectivity index (χ4n) is 2.10. The van der Waals surface area contributed by atoms with E-state index in [2.05, 4.69) is 23.3 Å². The number of rotatable bonds is 5. The minimum absolute atomic E-state index is 0.190. The highest BCUT2D eigenvalue weighted by Gasteiger charge is 2.16. The molecule has 18 heavy (non-hydrogen) atoms. The van der Waals surface area contributed by atoms with Crippen LogP contribution in [0.2, 0.25) is 5.02 Å². The number of benzene rings is 1. The van der Waals surface area contributed by atoms with Gasteiger partial charge in [0.1, 0.15) is 5.82 Å². The van der Waals surface area contributed by atoms with E-state index in [0.29, 0.717) is 0 Å². The van der Waals surface area contributed by atoms with Gasteiger partial charge < -0.3 is 9.88 Å². The first-order valence-electron chi connectivity index (χ1n) is 6.16. The normalized spacial score (nSPS) is 12.6. The van der Waals surface area contributed by atoms with E-state index >= 15 is 0 Å². The van der Waals surface area contributed by atoms with Gasteiger partial charge in [0.15, 0.2) is 0 Å². The fourth-order valence-corrected chi connectivity index (χ4v) is 2.31. The largest absolute Gasteiger partial charge is 0.337 e. The van der Waals surface area contributed by atoms with Crippen LogP contribution in [0, 0.1) is 0 Å². The second-order valence-electron chi connectivity index (χ2n) is 4.30. The maximum absolute atomic E-state index is 6.21. The average Bonchev–Trinajstić information content (AvgIpc) is 2.78. The number of aromatic nitrogens is 2. The Morgan fingerprint density at radius 2 is 2.17 bits per heavy atom. The SMILES string of the molecule is CCNC(Cc1ccccc1Cl)c1nccn1C. The highest BCUT2D eigenvalue weighted by molar-refractivity contribution is 6.31. The standard InChI is InChI=1S/C14H18ClN3/c1-3-16-13(14-17-8-9-18(14)2)10-11-6-4-5-7-12(11)15/h4-9,13,16H,3,10H2,1-2H3. The Bertz CT molecular complexity index is 507. The molecule has 1 atom stereocenters. The third kappa shape index (κ3) is 2.92. The van der Waals surface area contributed by atoms with Crippen molar-refractivity contribution in [1.29, 1.82) is 0 Å². The van der Waals surface area contributed by atoms with Gasteiger partial charge in [-0.2, -0.15) is 0 Å². The van der Waals surface area contributed by atoms with Crippen LogP contribution in [-0.4, -0.2) is 16.1 Å². The van der Waals surface area contributed by atoms with Gasteiger partial charge >= 0.3 is 0 Å². The summed E-state index contributed by atoms with van der Waals surface area (Å²) in [6, 6.07) is 8.15. The van der Waals surface area contributed by atoms with Gasteiger partial charge in [-0.05, 0) is 24.6 Å². The van der Waals surface area contributed by atoms with Gasteiger partial charge in [0, 0.05) is 24.5 Å². The molecular weight excluding hydrogens is 246 g/mol. The lowest BCUT2D eigenvalue weighted by molar-refractivity contribution is 0.506. The van der Waals surface area contributed by atoms with Crippen LogP contribution in [0.15, 0.2) is 36.7 Å². The van der Waals surface area contributed by atoms with Crippen molar-refractivity contribution in [1.82, 2.24) is 14.9 Å². The van der Waals surface area contributed by atoms with Crippen LogP contribution in [0.3, 0.4) is 0 Å². The molecule has 96 valence electrons. The number of hydrogen-bond donors (Lipinski definition) is 1. The van der Waals surface area contributed by atoms with Crippen molar-refractivity contribution >= 4 is 11.6 Å². The summed E-state index contributed by atoms with van der Waals surface area (Å²) in [6.07, 6.45) is 4.64. The van der Waals surface area contributed by atoms with Crippen molar-refractivity contribution in [2.24, 2.45) is 7.05 Å². The van der Waals surface area contributed by atoms with Crippen LogP contribution in [0.25, 0.3) is 0 Å². The highest BCUT2D eigenvalue weighted by Crippen LogP contribution is 2.22. The number of imidazole rings is 1. The predicted octanol–water partition coefficient (Wildman–Crippen LogP) is 2.97. The first-order chi connectivity index (χ1) is 8.72. The topological polar surface area (TPSA) is 29.9 Å². The minimum atomic E-state index is 0.190. The van der Waals surface area contributed by atoms with Gasteiger partial charge in [0.25, 0.3) is 0 Å². The van der Waals surface area contributed by atoms with Crippen molar-refractivity contribution in [3.05, 3.63) is 53.1 Å². The Hall–Kier alpha value is -1.32. The summed E-state index contributed by atoms with van der Waals surface area (Å²) in [7, 11) is 2.01. The molecule has 4 heteroatoms. The van der Waals surface area contributed by atoms with Crippen molar-refractivity contribution in [2.45, 2.75) is 19.4 Å². The lowest BCUT2D eigenvalue weighted by Crippen LogP contribution is -2.25. The zero-order valence-electron chi connectivity index (χ0n) is 10.7. The summed E-state index contributed by atoms with van der Waals surface area (Å²) in [5.74, 6) is 1.04. The second-order valence-corrected chi connectivity index (χ2v) is 4.71. The Morgan fingerprint density at radius 1 is 1.39 bits per heavy atom. The van der Waals surface area contributed by atoms with Crippen molar-refractivity contribution in [2.75, 3.05) is 6.54 Å². The molecule has 0 saturated heterocycles. The molecule has 2 aromatic rings. The molecule has 0 bridgehead atoms. The molecule has 1 heterocycles. The van der Waals surface area contributed by atoms with Crippen molar-refractivity contribution in [3.8, 4) is 0 Å². The highest BCUT2D eigenvalue weighted by atomic mass is 35.5. The summed E-state index contributed by atoms with van der Waals surface area (Å²) in [6.45, 7) is 3.00. The Morgan fingerprint density at radius 3 is 2.78 bits per heavy atom. The predicted molar refractivity (Wildman–Crippen MR) is 74.8 cm³/mol. The molecule has 0 aliphatic rings. The van der Waals surface area contributed by atoms with Crippen molar-refractivity contribution < 1.29 is 0 Å². The number of hydrogen-bond acceptors (Lipinski definition) is 2. The zero-order valence-corrected chi connectivity index (χ0v) is 11.5. The van der Waals surface area contributed by atoms with E-state index < -0.39 is 0 Å². The number of nitrogens with one attached hydrogen (secondary N) is 1. The number of likely N-dealkylation sites (N-methyl/N-ethyl adjacent to an activating group) is 1. The second kappa shape index (κ2) is 6.03. The molecular formula is C14H18ClN3. The zero-order chi connectivity index (χ0) is 13.0. The van der Waals surface area contributed by atoms with Crippen LogP contribution >= 0.6 is 11.6 Å². The number of aryl methyl sites for hydroxylation is 1. The molecule has 3 nitrogen and oxygen atoms in total. The van der Waals surface area contributed by atoms with E-state index in [1.54, 1.807) is 0 Å². The van der Waals surface area contributed by atoms with Crippen LogP contribution in [-0.2, 0) is 13.5 Å². The first kappa shape index (κ1) is 13.1. The third-order valence-corrected chi connectivity index (χ3v) is 3.37. The van der Waals surface area contributed by atoms with E-state index in [-0.39, 0.29) is 6.04 Å². The van der Waals surface area contributed by atoms with Gasteiger partial charge in [-0.3, -0.25) is 0 Å². The molecule has 0 fully saturated rings. The van der Waals surface area contributed by atoms with E-state index in [1.807, 2.05) is 42.2 Å². The monoisotopic (exact) mass is 263 g/mol. The molecule has 1 aromatic heterocycles. The summed E-state index contributed by atoms with van der Waals surface area (Å²) >= 11 is 6.21. The van der Waals surface area contributed by atoms with Gasteiger partial charge in [-0.15, -0.1) is 0 Å². The smallest absolute Gasteiger partial charge is 0.125 e. The summed E-state index contributed by atoms with van der Waals surface area (Å²) in [5.41, 5.74) is 1.15. The molecule has 1 N–H and O–H groups in total. The van der Waals surface area contributed by atoms with Crippen molar-refractivity contribution in [3.63, 3.8) is 0 Å². The lowest BCUT2D eigenvalue weighted by Gasteiger charge is -2.18. The Labute approximate surface area is 113 Å². The van der Waals surface area contributed by atoms with E-state index in [4.69, 9.17) is 11.6 Å². The lowest BCUT2D eigenvalue weighted by atomic mass is 10.1. The molecule has 1 aromatic carbocycles. The van der Waals surface area contributed by atoms with E-state index in [1.165, 1.54) is 0 Å². The number of nitrogens with zero attached hydrogens (tertiary/aromatic N) is 2. The molecule has 0 saturated carbocycles. The van der Waals surface area contributed by atoms with Gasteiger partial charge in [0.05, 0.1) is 6.04 Å². The molecule has 1 unspecified atom stereocenters. The van der Waals surface area contributed by atoms with Crippen LogP contribution in [0.4, 0.5) is 0 Å². The fraction of sp³-hybridized carbons (Fsp3) is 0.357. The molecule has 0 amide bonds.